The van der Waals surface area contributed by atoms with E-state index in [0.29, 0.717) is 0 Å². The molecule has 2 aromatic rings. The molecule has 168 valence electrons. The minimum atomic E-state index is -4.43. The Hall–Kier alpha value is -3.41. The van der Waals surface area contributed by atoms with Gasteiger partial charge >= 0.3 is 16.3 Å². The summed E-state index contributed by atoms with van der Waals surface area (Å²) >= 11 is 0. The van der Waals surface area contributed by atoms with Crippen LogP contribution in [0.15, 0.2) is 36.4 Å². The fourth-order valence-corrected chi connectivity index (χ4v) is 3.05. The second-order valence-electron chi connectivity index (χ2n) is 7.21. The lowest BCUT2D eigenvalue weighted by atomic mass is 10.1. The van der Waals surface area contributed by atoms with Crippen LogP contribution in [0.5, 0.6) is 5.75 Å². The second-order valence-corrected chi connectivity index (χ2v) is 8.62. The van der Waals surface area contributed by atoms with Crippen LogP contribution in [0.3, 0.4) is 0 Å². The first-order chi connectivity index (χ1) is 14.3. The Bertz CT molecular complexity index is 1100. The molecule has 0 heterocycles. The minimum Gasteiger partial charge on any atom is -0.495 e. The maximum absolute atomic E-state index is 13.3. The molecule has 0 unspecified atom stereocenters. The van der Waals surface area contributed by atoms with E-state index in [1.165, 1.54) is 19.2 Å². The number of ether oxygens (including phenoxy) is 2. The van der Waals surface area contributed by atoms with Crippen molar-refractivity contribution in [3.63, 3.8) is 0 Å². The summed E-state index contributed by atoms with van der Waals surface area (Å²) in [6, 6.07) is 6.58. The maximum atomic E-state index is 13.3. The van der Waals surface area contributed by atoms with Crippen molar-refractivity contribution in [2.75, 3.05) is 17.1 Å². The molecule has 0 aliphatic rings. The largest absolute Gasteiger partial charge is 0.495 e. The first-order valence-corrected chi connectivity index (χ1v) is 10.3. The van der Waals surface area contributed by atoms with Gasteiger partial charge in [0.15, 0.2) is 11.6 Å². The lowest BCUT2D eigenvalue weighted by molar-refractivity contribution is 0.0570. The topological polar surface area (TPSA) is 123 Å². The third-order valence-electron chi connectivity index (χ3n) is 3.50. The van der Waals surface area contributed by atoms with Crippen molar-refractivity contribution in [1.82, 2.24) is 4.72 Å². The third-order valence-corrected chi connectivity index (χ3v) is 4.42. The van der Waals surface area contributed by atoms with E-state index in [2.05, 4.69) is 10.0 Å². The van der Waals surface area contributed by atoms with Gasteiger partial charge in [0.2, 0.25) is 0 Å². The minimum absolute atomic E-state index is 0.00607. The first-order valence-electron chi connectivity index (χ1n) is 8.77. The smallest absolute Gasteiger partial charge is 0.422 e. The Morgan fingerprint density at radius 3 is 2.26 bits per heavy atom. The van der Waals surface area contributed by atoms with Crippen molar-refractivity contribution >= 4 is 33.6 Å². The van der Waals surface area contributed by atoms with Crippen LogP contribution in [0.2, 0.25) is 0 Å². The number of benzene rings is 2. The number of nitrogens with one attached hydrogen (secondary N) is 3. The van der Waals surface area contributed by atoms with Crippen LogP contribution in [0.1, 0.15) is 31.1 Å². The molecule has 0 aliphatic heterocycles. The van der Waals surface area contributed by atoms with Gasteiger partial charge in [-0.1, -0.05) is 0 Å². The number of halogens is 2. The van der Waals surface area contributed by atoms with Crippen molar-refractivity contribution in [2.24, 2.45) is 0 Å². The highest BCUT2D eigenvalue weighted by atomic mass is 32.2. The van der Waals surface area contributed by atoms with E-state index in [4.69, 9.17) is 9.47 Å². The van der Waals surface area contributed by atoms with Crippen LogP contribution in [-0.4, -0.2) is 33.1 Å². The van der Waals surface area contributed by atoms with Gasteiger partial charge in [0.1, 0.15) is 11.4 Å². The highest BCUT2D eigenvalue weighted by Gasteiger charge is 2.23. The zero-order chi connectivity index (χ0) is 23.4. The Labute approximate surface area is 177 Å². The van der Waals surface area contributed by atoms with E-state index in [1.54, 1.807) is 25.5 Å². The third kappa shape index (κ3) is 7.10. The lowest BCUT2D eigenvalue weighted by Crippen LogP contribution is -2.39. The highest BCUT2D eigenvalue weighted by Crippen LogP contribution is 2.27. The molecule has 0 aromatic heterocycles. The van der Waals surface area contributed by atoms with Crippen molar-refractivity contribution in [3.05, 3.63) is 53.6 Å². The molecular weight excluding hydrogens is 436 g/mol. The monoisotopic (exact) mass is 457 g/mol. The summed E-state index contributed by atoms with van der Waals surface area (Å²) in [6.07, 6.45) is -1.20. The lowest BCUT2D eigenvalue weighted by Gasteiger charge is -2.20. The number of hydrogen-bond acceptors (Lipinski definition) is 6. The number of methoxy groups -OCH3 is 1. The maximum Gasteiger partial charge on any atom is 0.422 e. The zero-order valence-corrected chi connectivity index (χ0v) is 17.9. The molecule has 0 fully saturated rings. The summed E-state index contributed by atoms with van der Waals surface area (Å²) in [5.41, 5.74) is -1.11. The zero-order valence-electron chi connectivity index (χ0n) is 17.1. The predicted octanol–water partition coefficient (Wildman–Crippen LogP) is 3.41. The number of hydrogen-bond donors (Lipinski definition) is 3. The van der Waals surface area contributed by atoms with Gasteiger partial charge in [-0.2, -0.15) is 8.42 Å². The Kier molecular flexibility index (Phi) is 7.05. The molecule has 0 radical (unpaired) electrons. The van der Waals surface area contributed by atoms with Crippen LogP contribution in [-0.2, 0) is 14.9 Å². The number of anilines is 2. The summed E-state index contributed by atoms with van der Waals surface area (Å²) in [7, 11) is -3.15. The van der Waals surface area contributed by atoms with E-state index in [0.717, 1.165) is 24.3 Å². The standard InChI is InChI=1S/C19H21F2N3O6S/c1-19(2,3)30-18(26)24-31(27,28)23-15-9-11(5-8-16(15)29-4)17(25)22-12-6-7-13(20)14(21)10-12/h5-10,23H,1-4H3,(H,22,25)(H,24,26). The summed E-state index contributed by atoms with van der Waals surface area (Å²) in [4.78, 5) is 24.2. The van der Waals surface area contributed by atoms with Crippen molar-refractivity contribution in [3.8, 4) is 5.75 Å². The molecule has 31 heavy (non-hydrogen) atoms. The van der Waals surface area contributed by atoms with Gasteiger partial charge < -0.3 is 14.8 Å². The molecule has 9 nitrogen and oxygen atoms in total. The van der Waals surface area contributed by atoms with Gasteiger partial charge in [0.25, 0.3) is 5.91 Å². The Morgan fingerprint density at radius 1 is 1.00 bits per heavy atom. The summed E-state index contributed by atoms with van der Waals surface area (Å²) in [5.74, 6) is -2.89. The molecule has 2 rings (SSSR count). The summed E-state index contributed by atoms with van der Waals surface area (Å²) in [6.45, 7) is 4.68. The number of amides is 2. The van der Waals surface area contributed by atoms with Gasteiger partial charge in [-0.05, 0) is 51.1 Å². The number of rotatable bonds is 6. The molecule has 0 spiro atoms. The molecule has 12 heteroatoms. The normalized spacial score (nSPS) is 11.4. The van der Waals surface area contributed by atoms with E-state index in [-0.39, 0.29) is 22.7 Å². The van der Waals surface area contributed by atoms with E-state index < -0.39 is 39.4 Å². The molecule has 0 bridgehead atoms. The Balaban J connectivity index is 2.22. The predicted molar refractivity (Wildman–Crippen MR) is 109 cm³/mol. The highest BCUT2D eigenvalue weighted by molar-refractivity contribution is 7.91. The molecule has 0 atom stereocenters. The second kappa shape index (κ2) is 9.16. The first kappa shape index (κ1) is 23.9. The fourth-order valence-electron chi connectivity index (χ4n) is 2.29. The average Bonchev–Trinajstić information content (AvgIpc) is 2.62. The van der Waals surface area contributed by atoms with Crippen molar-refractivity contribution < 1.29 is 36.3 Å². The fraction of sp³-hybridized carbons (Fsp3) is 0.263. The summed E-state index contributed by atoms with van der Waals surface area (Å²) in [5, 5.41) is 2.36. The molecule has 2 aromatic carbocycles. The van der Waals surface area contributed by atoms with E-state index in [1.807, 2.05) is 0 Å². The molecule has 0 saturated carbocycles. The van der Waals surface area contributed by atoms with Crippen LogP contribution in [0, 0.1) is 11.6 Å². The number of carbonyl (C=O) groups is 2. The van der Waals surface area contributed by atoms with Gasteiger partial charge in [0.05, 0.1) is 12.8 Å². The van der Waals surface area contributed by atoms with Crippen LogP contribution in [0.25, 0.3) is 0 Å². The Morgan fingerprint density at radius 2 is 1.68 bits per heavy atom. The molecule has 0 saturated heterocycles. The molecule has 3 N–H and O–H groups in total. The van der Waals surface area contributed by atoms with Crippen LogP contribution < -0.4 is 19.5 Å². The quantitative estimate of drug-likeness (QED) is 0.611. The molecule has 2 amide bonds. The van der Waals surface area contributed by atoms with Gasteiger partial charge in [-0.25, -0.2) is 18.3 Å². The van der Waals surface area contributed by atoms with Crippen LogP contribution in [0.4, 0.5) is 25.0 Å². The van der Waals surface area contributed by atoms with Gasteiger partial charge in [-0.15, -0.1) is 0 Å². The van der Waals surface area contributed by atoms with Crippen LogP contribution >= 0.6 is 0 Å². The molecular formula is C19H21F2N3O6S. The van der Waals surface area contributed by atoms with Crippen molar-refractivity contribution in [2.45, 2.75) is 26.4 Å². The van der Waals surface area contributed by atoms with E-state index >= 15 is 0 Å². The average molecular weight is 457 g/mol. The SMILES string of the molecule is COc1ccc(C(=O)Nc2ccc(F)c(F)c2)cc1NS(=O)(=O)NC(=O)OC(C)(C)C. The molecule has 0 aliphatic carbocycles. The summed E-state index contributed by atoms with van der Waals surface area (Å²) < 4.78 is 64.6. The number of carbonyl (C=O) groups excluding carboxylic acids is 2. The van der Waals surface area contributed by atoms with Gasteiger partial charge in [-0.3, -0.25) is 9.52 Å². The van der Waals surface area contributed by atoms with Crippen molar-refractivity contribution in [1.29, 1.82) is 0 Å². The van der Waals surface area contributed by atoms with Gasteiger partial charge in [0, 0.05) is 17.3 Å². The van der Waals surface area contributed by atoms with E-state index in [9.17, 15) is 26.8 Å².